The van der Waals surface area contributed by atoms with Crippen molar-refractivity contribution in [1.82, 2.24) is 4.90 Å². The summed E-state index contributed by atoms with van der Waals surface area (Å²) in [6, 6.07) is 11.0. The van der Waals surface area contributed by atoms with E-state index in [2.05, 4.69) is 10.6 Å². The molecule has 1 fully saturated rings. The van der Waals surface area contributed by atoms with E-state index in [-0.39, 0.29) is 43.2 Å². The number of carbonyl (C=O) groups excluding carboxylic acids is 3. The van der Waals surface area contributed by atoms with Gasteiger partial charge in [-0.1, -0.05) is 17.7 Å². The Morgan fingerprint density at radius 3 is 2.65 bits per heavy atom. The van der Waals surface area contributed by atoms with Crippen LogP contribution in [0.25, 0.3) is 0 Å². The van der Waals surface area contributed by atoms with Gasteiger partial charge in [-0.05, 0) is 49.2 Å². The lowest BCUT2D eigenvalue weighted by Crippen LogP contribution is -2.53. The smallest absolute Gasteiger partial charge is 0.323 e. The van der Waals surface area contributed by atoms with Crippen LogP contribution in [-0.2, 0) is 14.3 Å². The first-order chi connectivity index (χ1) is 16.3. The van der Waals surface area contributed by atoms with Crippen molar-refractivity contribution in [3.8, 4) is 5.75 Å². The number of methoxy groups -OCH3 is 1. The summed E-state index contributed by atoms with van der Waals surface area (Å²) in [5.41, 5.74) is 1.33. The maximum atomic E-state index is 13.3. The van der Waals surface area contributed by atoms with Crippen molar-refractivity contribution >= 4 is 40.9 Å². The lowest BCUT2D eigenvalue weighted by molar-refractivity contribution is -0.151. The van der Waals surface area contributed by atoms with E-state index in [4.69, 9.17) is 25.8 Å². The van der Waals surface area contributed by atoms with E-state index < -0.39 is 6.03 Å². The number of halogens is 1. The van der Waals surface area contributed by atoms with Gasteiger partial charge in [-0.3, -0.25) is 9.59 Å². The standard InChI is InChI=1S/C24H26ClN3O6/c1-28-19-8-7-17(12-22(29)32-2)34-21(19)13-33-20-9-6-16(11-18(20)23(28)30)27-24(31)26-15-5-3-4-14(25)10-15/h3-6,9-11,17,19,21H,7-8,12-13H2,1-2H3,(H2,26,27,31)/t17-,19-,21-/m1/s1. The summed E-state index contributed by atoms with van der Waals surface area (Å²) in [5, 5.41) is 5.94. The van der Waals surface area contributed by atoms with Gasteiger partial charge in [-0.15, -0.1) is 0 Å². The Bertz CT molecular complexity index is 1090. The van der Waals surface area contributed by atoms with E-state index in [1.165, 1.54) is 7.11 Å². The quantitative estimate of drug-likeness (QED) is 0.633. The van der Waals surface area contributed by atoms with Crippen LogP contribution < -0.4 is 15.4 Å². The molecule has 34 heavy (non-hydrogen) atoms. The second-order valence-electron chi connectivity index (χ2n) is 8.25. The second kappa shape index (κ2) is 10.3. The van der Waals surface area contributed by atoms with E-state index in [0.717, 1.165) is 0 Å². The number of amides is 3. The number of benzene rings is 2. The highest BCUT2D eigenvalue weighted by atomic mass is 35.5. The highest BCUT2D eigenvalue weighted by Crippen LogP contribution is 2.32. The molecule has 0 unspecified atom stereocenters. The van der Waals surface area contributed by atoms with E-state index in [0.29, 0.717) is 40.6 Å². The number of hydrogen-bond acceptors (Lipinski definition) is 6. The van der Waals surface area contributed by atoms with Crippen molar-refractivity contribution in [3.05, 3.63) is 53.1 Å². The number of nitrogens with one attached hydrogen (secondary N) is 2. The molecule has 0 saturated carbocycles. The maximum Gasteiger partial charge on any atom is 0.323 e. The number of urea groups is 1. The Balaban J connectivity index is 1.47. The van der Waals surface area contributed by atoms with Gasteiger partial charge in [0.2, 0.25) is 0 Å². The summed E-state index contributed by atoms with van der Waals surface area (Å²) in [6.45, 7) is 0.231. The highest BCUT2D eigenvalue weighted by molar-refractivity contribution is 6.30. The van der Waals surface area contributed by atoms with Crippen LogP contribution in [0.4, 0.5) is 16.2 Å². The van der Waals surface area contributed by atoms with Crippen molar-refractivity contribution in [2.24, 2.45) is 0 Å². The third-order valence-electron chi connectivity index (χ3n) is 5.97. The van der Waals surface area contributed by atoms with Gasteiger partial charge in [0.05, 0.1) is 31.2 Å². The molecule has 3 amide bonds. The number of anilines is 2. The number of likely N-dealkylation sites (N-methyl/N-ethyl adjacent to an activating group) is 1. The second-order valence-corrected chi connectivity index (χ2v) is 8.69. The van der Waals surface area contributed by atoms with Gasteiger partial charge in [0.1, 0.15) is 18.5 Å². The molecule has 1 saturated heterocycles. The average molecular weight is 488 g/mol. The Morgan fingerprint density at radius 2 is 1.91 bits per heavy atom. The molecule has 9 nitrogen and oxygen atoms in total. The average Bonchev–Trinajstić information content (AvgIpc) is 2.81. The monoisotopic (exact) mass is 487 g/mol. The van der Waals surface area contributed by atoms with Gasteiger partial charge in [0, 0.05) is 23.4 Å². The summed E-state index contributed by atoms with van der Waals surface area (Å²) >= 11 is 5.95. The maximum absolute atomic E-state index is 13.3. The number of esters is 1. The van der Waals surface area contributed by atoms with Gasteiger partial charge >= 0.3 is 12.0 Å². The van der Waals surface area contributed by atoms with Crippen molar-refractivity contribution < 1.29 is 28.6 Å². The largest absolute Gasteiger partial charge is 0.490 e. The highest BCUT2D eigenvalue weighted by Gasteiger charge is 2.39. The van der Waals surface area contributed by atoms with E-state index in [9.17, 15) is 14.4 Å². The molecule has 10 heteroatoms. The van der Waals surface area contributed by atoms with Crippen LogP contribution in [0.3, 0.4) is 0 Å². The molecular formula is C24H26ClN3O6. The molecule has 0 aliphatic carbocycles. The van der Waals surface area contributed by atoms with E-state index in [1.807, 2.05) is 0 Å². The zero-order chi connectivity index (χ0) is 24.2. The molecule has 2 aliphatic heterocycles. The van der Waals surface area contributed by atoms with Gasteiger partial charge < -0.3 is 29.7 Å². The fourth-order valence-electron chi connectivity index (χ4n) is 4.23. The van der Waals surface area contributed by atoms with E-state index >= 15 is 0 Å². The topological polar surface area (TPSA) is 106 Å². The van der Waals surface area contributed by atoms with Crippen LogP contribution in [0.5, 0.6) is 5.75 Å². The molecule has 2 heterocycles. The Morgan fingerprint density at radius 1 is 1.15 bits per heavy atom. The molecule has 2 aliphatic rings. The predicted molar refractivity (Wildman–Crippen MR) is 126 cm³/mol. The molecular weight excluding hydrogens is 462 g/mol. The SMILES string of the molecule is COC(=O)C[C@H]1CC[C@@H]2[C@@H](COc3ccc(NC(=O)Nc4cccc(Cl)c4)cc3C(=O)N2C)O1. The minimum Gasteiger partial charge on any atom is -0.490 e. The third kappa shape index (κ3) is 5.43. The Kier molecular flexibility index (Phi) is 7.23. The third-order valence-corrected chi connectivity index (χ3v) is 6.21. The van der Waals surface area contributed by atoms with Crippen molar-refractivity contribution in [1.29, 1.82) is 0 Å². The van der Waals surface area contributed by atoms with Crippen LogP contribution in [-0.4, -0.2) is 61.8 Å². The molecule has 0 spiro atoms. The molecule has 0 radical (unpaired) electrons. The van der Waals surface area contributed by atoms with Gasteiger partial charge in [0.15, 0.2) is 0 Å². The molecule has 3 atom stereocenters. The molecule has 4 rings (SSSR count). The number of ether oxygens (including phenoxy) is 3. The number of rotatable bonds is 4. The fraction of sp³-hybridized carbons (Fsp3) is 0.375. The molecule has 2 N–H and O–H groups in total. The van der Waals surface area contributed by atoms with Crippen molar-refractivity contribution in [2.75, 3.05) is 31.4 Å². The number of carbonyl (C=O) groups is 3. The van der Waals surface area contributed by atoms with Crippen LogP contribution in [0.2, 0.25) is 5.02 Å². The van der Waals surface area contributed by atoms with Gasteiger partial charge in [-0.2, -0.15) is 0 Å². The van der Waals surface area contributed by atoms with Crippen LogP contribution in [0.1, 0.15) is 29.6 Å². The molecule has 180 valence electrons. The summed E-state index contributed by atoms with van der Waals surface area (Å²) < 4.78 is 16.8. The van der Waals surface area contributed by atoms with Crippen LogP contribution in [0, 0.1) is 0 Å². The molecule has 2 aromatic carbocycles. The van der Waals surface area contributed by atoms with Gasteiger partial charge in [0.25, 0.3) is 5.91 Å². The minimum absolute atomic E-state index is 0.167. The first-order valence-corrected chi connectivity index (χ1v) is 11.3. The summed E-state index contributed by atoms with van der Waals surface area (Å²) in [4.78, 5) is 39.0. The summed E-state index contributed by atoms with van der Waals surface area (Å²) in [7, 11) is 3.07. The van der Waals surface area contributed by atoms with Crippen LogP contribution in [0.15, 0.2) is 42.5 Å². The van der Waals surface area contributed by atoms with E-state index in [1.54, 1.807) is 54.4 Å². The molecule has 0 bridgehead atoms. The van der Waals surface area contributed by atoms with Crippen molar-refractivity contribution in [2.45, 2.75) is 37.5 Å². The Hall–Kier alpha value is -3.30. The fourth-order valence-corrected chi connectivity index (χ4v) is 4.42. The number of hydrogen-bond donors (Lipinski definition) is 2. The summed E-state index contributed by atoms with van der Waals surface area (Å²) in [5.74, 6) is -0.169. The predicted octanol–water partition coefficient (Wildman–Crippen LogP) is 3.93. The first kappa shape index (κ1) is 23.8. The number of fused-ring (bicyclic) bond motifs is 2. The zero-order valence-corrected chi connectivity index (χ0v) is 19.6. The number of nitrogens with zero attached hydrogens (tertiary/aromatic N) is 1. The molecule has 0 aromatic heterocycles. The lowest BCUT2D eigenvalue weighted by atomic mass is 9.94. The zero-order valence-electron chi connectivity index (χ0n) is 18.9. The van der Waals surface area contributed by atoms with Crippen LogP contribution >= 0.6 is 11.6 Å². The normalized spacial score (nSPS) is 21.8. The lowest BCUT2D eigenvalue weighted by Gasteiger charge is -2.42. The van der Waals surface area contributed by atoms with Crippen molar-refractivity contribution in [3.63, 3.8) is 0 Å². The minimum atomic E-state index is -0.466. The Labute approximate surface area is 202 Å². The molecule has 2 aromatic rings. The first-order valence-electron chi connectivity index (χ1n) is 10.9. The summed E-state index contributed by atoms with van der Waals surface area (Å²) in [6.07, 6.45) is 0.829. The van der Waals surface area contributed by atoms with Gasteiger partial charge in [-0.25, -0.2) is 4.79 Å².